The van der Waals surface area contributed by atoms with Crippen molar-refractivity contribution in [1.29, 1.82) is 0 Å². The molecule has 0 amide bonds. The summed E-state index contributed by atoms with van der Waals surface area (Å²) < 4.78 is 5.50. The van der Waals surface area contributed by atoms with Crippen molar-refractivity contribution in [2.24, 2.45) is 5.41 Å². The van der Waals surface area contributed by atoms with Crippen molar-refractivity contribution in [3.05, 3.63) is 29.8 Å². The van der Waals surface area contributed by atoms with Gasteiger partial charge in [-0.3, -0.25) is 0 Å². The zero-order valence-corrected chi connectivity index (χ0v) is 13.4. The predicted molar refractivity (Wildman–Crippen MR) is 85.2 cm³/mol. The Kier molecular flexibility index (Phi) is 5.09. The maximum atomic E-state index is 5.50. The van der Waals surface area contributed by atoms with E-state index in [-0.39, 0.29) is 0 Å². The standard InChI is InChI=1S/C18H29NO/c1-5-20-17-10-8-15(9-11-17)14(2)19-16-7-6-12-18(3,4)13-16/h8-11,14,16,19H,5-7,12-13H2,1-4H3. The third kappa shape index (κ3) is 4.24. The molecule has 2 rings (SSSR count). The molecule has 0 heterocycles. The molecule has 1 aromatic rings. The van der Waals surface area contributed by atoms with Gasteiger partial charge in [0.1, 0.15) is 5.75 Å². The molecule has 112 valence electrons. The Balaban J connectivity index is 1.92. The Morgan fingerprint density at radius 2 is 2.00 bits per heavy atom. The van der Waals surface area contributed by atoms with Crippen LogP contribution < -0.4 is 10.1 Å². The molecule has 1 aromatic carbocycles. The van der Waals surface area contributed by atoms with E-state index in [1.807, 2.05) is 6.92 Å². The second kappa shape index (κ2) is 6.62. The fourth-order valence-electron chi connectivity index (χ4n) is 3.31. The lowest BCUT2D eigenvalue weighted by molar-refractivity contribution is 0.191. The normalized spacial score (nSPS) is 23.3. The van der Waals surface area contributed by atoms with Crippen LogP contribution in [0, 0.1) is 5.41 Å². The second-order valence-electron chi connectivity index (χ2n) is 6.85. The summed E-state index contributed by atoms with van der Waals surface area (Å²) in [6, 6.07) is 9.56. The van der Waals surface area contributed by atoms with Crippen molar-refractivity contribution in [3.63, 3.8) is 0 Å². The van der Waals surface area contributed by atoms with E-state index in [9.17, 15) is 0 Å². The molecule has 20 heavy (non-hydrogen) atoms. The van der Waals surface area contributed by atoms with E-state index in [0.717, 1.165) is 12.4 Å². The van der Waals surface area contributed by atoms with Crippen LogP contribution in [0.25, 0.3) is 0 Å². The quantitative estimate of drug-likeness (QED) is 0.840. The first-order valence-electron chi connectivity index (χ1n) is 7.99. The minimum absolute atomic E-state index is 0.407. The van der Waals surface area contributed by atoms with Crippen LogP contribution in [-0.4, -0.2) is 12.6 Å². The monoisotopic (exact) mass is 275 g/mol. The van der Waals surface area contributed by atoms with Gasteiger partial charge in [0.05, 0.1) is 6.61 Å². The molecule has 1 fully saturated rings. The highest BCUT2D eigenvalue weighted by atomic mass is 16.5. The highest BCUT2D eigenvalue weighted by molar-refractivity contribution is 5.29. The topological polar surface area (TPSA) is 21.3 Å². The first-order valence-corrected chi connectivity index (χ1v) is 7.99. The van der Waals surface area contributed by atoms with Crippen LogP contribution in [0.3, 0.4) is 0 Å². The van der Waals surface area contributed by atoms with Gasteiger partial charge >= 0.3 is 0 Å². The van der Waals surface area contributed by atoms with Crippen molar-refractivity contribution in [3.8, 4) is 5.75 Å². The minimum Gasteiger partial charge on any atom is -0.494 e. The number of benzene rings is 1. The Labute approximate surface area is 123 Å². The van der Waals surface area contributed by atoms with Crippen LogP contribution in [0.2, 0.25) is 0 Å². The van der Waals surface area contributed by atoms with Crippen LogP contribution in [0.15, 0.2) is 24.3 Å². The minimum atomic E-state index is 0.407. The fraction of sp³-hybridized carbons (Fsp3) is 0.667. The summed E-state index contributed by atoms with van der Waals surface area (Å²) in [5.74, 6) is 0.960. The number of hydrogen-bond acceptors (Lipinski definition) is 2. The first-order chi connectivity index (χ1) is 9.50. The SMILES string of the molecule is CCOc1ccc(C(C)NC2CCCC(C)(C)C2)cc1. The Hall–Kier alpha value is -1.02. The maximum absolute atomic E-state index is 5.50. The number of ether oxygens (including phenoxy) is 1. The lowest BCUT2D eigenvalue weighted by Crippen LogP contribution is -2.38. The summed E-state index contributed by atoms with van der Waals surface area (Å²) in [7, 11) is 0. The molecule has 1 saturated carbocycles. The zero-order valence-electron chi connectivity index (χ0n) is 13.4. The van der Waals surface area contributed by atoms with E-state index in [0.29, 0.717) is 17.5 Å². The van der Waals surface area contributed by atoms with Gasteiger partial charge < -0.3 is 10.1 Å². The predicted octanol–water partition coefficient (Wildman–Crippen LogP) is 4.70. The largest absolute Gasteiger partial charge is 0.494 e. The molecule has 2 nitrogen and oxygen atoms in total. The molecule has 0 aliphatic heterocycles. The molecule has 1 N–H and O–H groups in total. The molecule has 2 heteroatoms. The number of rotatable bonds is 5. The molecule has 1 aliphatic carbocycles. The lowest BCUT2D eigenvalue weighted by atomic mass is 9.75. The van der Waals surface area contributed by atoms with Crippen molar-refractivity contribution >= 4 is 0 Å². The Morgan fingerprint density at radius 3 is 2.60 bits per heavy atom. The highest BCUT2D eigenvalue weighted by Gasteiger charge is 2.28. The summed E-state index contributed by atoms with van der Waals surface area (Å²) >= 11 is 0. The molecule has 0 saturated heterocycles. The van der Waals surface area contributed by atoms with Gasteiger partial charge in [0.15, 0.2) is 0 Å². The van der Waals surface area contributed by atoms with E-state index in [2.05, 4.69) is 50.4 Å². The average Bonchev–Trinajstić information content (AvgIpc) is 2.38. The highest BCUT2D eigenvalue weighted by Crippen LogP contribution is 2.36. The van der Waals surface area contributed by atoms with Crippen LogP contribution in [0.1, 0.15) is 65.0 Å². The van der Waals surface area contributed by atoms with Gasteiger partial charge in [-0.15, -0.1) is 0 Å². The zero-order chi connectivity index (χ0) is 14.6. The van der Waals surface area contributed by atoms with Crippen molar-refractivity contribution in [1.82, 2.24) is 5.32 Å². The van der Waals surface area contributed by atoms with Crippen LogP contribution >= 0.6 is 0 Å². The van der Waals surface area contributed by atoms with Gasteiger partial charge in [0.2, 0.25) is 0 Å². The summed E-state index contributed by atoms with van der Waals surface area (Å²) in [4.78, 5) is 0. The van der Waals surface area contributed by atoms with Crippen LogP contribution in [-0.2, 0) is 0 Å². The Morgan fingerprint density at radius 1 is 1.30 bits per heavy atom. The van der Waals surface area contributed by atoms with Gasteiger partial charge in [0.25, 0.3) is 0 Å². The summed E-state index contributed by atoms with van der Waals surface area (Å²) in [6.45, 7) is 9.79. The van der Waals surface area contributed by atoms with Crippen LogP contribution in [0.5, 0.6) is 5.75 Å². The first kappa shape index (κ1) is 15.4. The van der Waals surface area contributed by atoms with Crippen molar-refractivity contribution in [2.75, 3.05) is 6.61 Å². The number of hydrogen-bond donors (Lipinski definition) is 1. The van der Waals surface area contributed by atoms with E-state index in [1.54, 1.807) is 0 Å². The smallest absolute Gasteiger partial charge is 0.119 e. The number of nitrogens with one attached hydrogen (secondary N) is 1. The fourth-order valence-corrected chi connectivity index (χ4v) is 3.31. The molecular formula is C18H29NO. The van der Waals surface area contributed by atoms with Gasteiger partial charge in [-0.25, -0.2) is 0 Å². The maximum Gasteiger partial charge on any atom is 0.119 e. The molecule has 0 radical (unpaired) electrons. The van der Waals surface area contributed by atoms with Gasteiger partial charge in [0, 0.05) is 12.1 Å². The molecule has 0 bridgehead atoms. The average molecular weight is 275 g/mol. The Bertz CT molecular complexity index is 410. The third-order valence-electron chi connectivity index (χ3n) is 4.38. The molecule has 0 aromatic heterocycles. The molecule has 2 atom stereocenters. The molecule has 1 aliphatic rings. The van der Waals surface area contributed by atoms with E-state index >= 15 is 0 Å². The molecule has 0 spiro atoms. The van der Waals surface area contributed by atoms with E-state index in [1.165, 1.54) is 31.2 Å². The van der Waals surface area contributed by atoms with Crippen LogP contribution in [0.4, 0.5) is 0 Å². The van der Waals surface area contributed by atoms with Crippen molar-refractivity contribution < 1.29 is 4.74 Å². The molecular weight excluding hydrogens is 246 g/mol. The van der Waals surface area contributed by atoms with Gasteiger partial charge in [-0.2, -0.15) is 0 Å². The van der Waals surface area contributed by atoms with Crippen molar-refractivity contribution in [2.45, 2.75) is 65.5 Å². The van der Waals surface area contributed by atoms with E-state index in [4.69, 9.17) is 4.74 Å². The second-order valence-corrected chi connectivity index (χ2v) is 6.85. The van der Waals surface area contributed by atoms with E-state index < -0.39 is 0 Å². The molecule has 2 unspecified atom stereocenters. The third-order valence-corrected chi connectivity index (χ3v) is 4.38. The summed E-state index contributed by atoms with van der Waals surface area (Å²) in [5.41, 5.74) is 1.84. The lowest BCUT2D eigenvalue weighted by Gasteiger charge is -2.37. The summed E-state index contributed by atoms with van der Waals surface area (Å²) in [5, 5.41) is 3.80. The van der Waals surface area contributed by atoms with Gasteiger partial charge in [-0.05, 0) is 56.2 Å². The summed E-state index contributed by atoms with van der Waals surface area (Å²) in [6.07, 6.45) is 5.31. The van der Waals surface area contributed by atoms with Gasteiger partial charge in [-0.1, -0.05) is 32.4 Å².